The molecule has 1 heterocycles. The van der Waals surface area contributed by atoms with Gasteiger partial charge in [0.15, 0.2) is 0 Å². The third kappa shape index (κ3) is 3.25. The predicted molar refractivity (Wildman–Crippen MR) is 60.3 cm³/mol. The fourth-order valence-corrected chi connectivity index (χ4v) is 2.42. The van der Waals surface area contributed by atoms with Crippen molar-refractivity contribution in [2.45, 2.75) is 64.5 Å². The highest BCUT2D eigenvalue weighted by Crippen LogP contribution is 2.27. The van der Waals surface area contributed by atoms with E-state index in [9.17, 15) is 0 Å². The number of hydrogen-bond acceptors (Lipinski definition) is 2. The summed E-state index contributed by atoms with van der Waals surface area (Å²) in [5.74, 6) is 0.622. The van der Waals surface area contributed by atoms with E-state index in [0.717, 1.165) is 13.0 Å². The summed E-state index contributed by atoms with van der Waals surface area (Å²) in [4.78, 5) is 0. The van der Waals surface area contributed by atoms with Crippen molar-refractivity contribution < 1.29 is 4.74 Å². The van der Waals surface area contributed by atoms with Crippen LogP contribution in [0.4, 0.5) is 0 Å². The molecule has 0 saturated carbocycles. The first kappa shape index (κ1) is 12.0. The van der Waals surface area contributed by atoms with Crippen LogP contribution >= 0.6 is 0 Å². The molecule has 1 fully saturated rings. The molecule has 2 nitrogen and oxygen atoms in total. The molecule has 0 aromatic carbocycles. The standard InChI is InChI=1S/C12H25NO/c1-3-5-6-7-11(13)10-8-9-14-12(10)4-2/h10-12H,3-9,13H2,1-2H3. The van der Waals surface area contributed by atoms with Crippen molar-refractivity contribution >= 4 is 0 Å². The maximum atomic E-state index is 6.21. The molecule has 0 spiro atoms. The third-order valence-corrected chi connectivity index (χ3v) is 3.35. The Morgan fingerprint density at radius 1 is 1.36 bits per heavy atom. The van der Waals surface area contributed by atoms with Gasteiger partial charge in [-0.1, -0.05) is 33.1 Å². The van der Waals surface area contributed by atoms with Crippen molar-refractivity contribution in [2.75, 3.05) is 6.61 Å². The largest absolute Gasteiger partial charge is 0.378 e. The maximum absolute atomic E-state index is 6.21. The molecule has 3 unspecified atom stereocenters. The van der Waals surface area contributed by atoms with E-state index in [4.69, 9.17) is 10.5 Å². The quantitative estimate of drug-likeness (QED) is 0.668. The molecule has 2 N–H and O–H groups in total. The zero-order valence-electron chi connectivity index (χ0n) is 9.67. The summed E-state index contributed by atoms with van der Waals surface area (Å²) in [7, 11) is 0. The normalized spacial score (nSPS) is 29.4. The molecule has 0 aliphatic carbocycles. The van der Waals surface area contributed by atoms with E-state index in [1.165, 1.54) is 32.1 Å². The van der Waals surface area contributed by atoms with E-state index in [0.29, 0.717) is 18.1 Å². The van der Waals surface area contributed by atoms with Crippen LogP contribution in [0.1, 0.15) is 52.4 Å². The van der Waals surface area contributed by atoms with Gasteiger partial charge in [-0.25, -0.2) is 0 Å². The Morgan fingerprint density at radius 2 is 2.14 bits per heavy atom. The number of nitrogens with two attached hydrogens (primary N) is 1. The summed E-state index contributed by atoms with van der Waals surface area (Å²) in [5, 5.41) is 0. The van der Waals surface area contributed by atoms with Crippen molar-refractivity contribution in [1.29, 1.82) is 0 Å². The lowest BCUT2D eigenvalue weighted by atomic mass is 9.89. The van der Waals surface area contributed by atoms with Gasteiger partial charge in [0, 0.05) is 18.6 Å². The van der Waals surface area contributed by atoms with Crippen LogP contribution in [0, 0.1) is 5.92 Å². The van der Waals surface area contributed by atoms with E-state index in [1.807, 2.05) is 0 Å². The van der Waals surface area contributed by atoms with Gasteiger partial charge in [0.25, 0.3) is 0 Å². The lowest BCUT2D eigenvalue weighted by Gasteiger charge is -2.23. The van der Waals surface area contributed by atoms with Gasteiger partial charge in [-0.05, 0) is 19.3 Å². The van der Waals surface area contributed by atoms with E-state index < -0.39 is 0 Å². The Kier molecular flexibility index (Phi) is 5.49. The van der Waals surface area contributed by atoms with Crippen LogP contribution in [0.5, 0.6) is 0 Å². The average Bonchev–Trinajstić information content (AvgIpc) is 2.65. The number of hydrogen-bond donors (Lipinski definition) is 1. The van der Waals surface area contributed by atoms with Crippen LogP contribution in [0.3, 0.4) is 0 Å². The molecule has 1 aliphatic heterocycles. The van der Waals surface area contributed by atoms with Crippen molar-refractivity contribution in [3.63, 3.8) is 0 Å². The summed E-state index contributed by atoms with van der Waals surface area (Å²) in [6.07, 6.45) is 7.79. The van der Waals surface area contributed by atoms with Crippen molar-refractivity contribution in [3.8, 4) is 0 Å². The Bertz CT molecular complexity index is 149. The Morgan fingerprint density at radius 3 is 2.79 bits per heavy atom. The van der Waals surface area contributed by atoms with E-state index in [-0.39, 0.29) is 0 Å². The molecule has 0 radical (unpaired) electrons. The number of unbranched alkanes of at least 4 members (excludes halogenated alkanes) is 2. The second kappa shape index (κ2) is 6.41. The minimum absolute atomic E-state index is 0.369. The molecule has 0 aromatic heterocycles. The first-order valence-electron chi connectivity index (χ1n) is 6.16. The predicted octanol–water partition coefficient (Wildman–Crippen LogP) is 2.71. The Labute approximate surface area is 88.2 Å². The zero-order chi connectivity index (χ0) is 10.4. The lowest BCUT2D eigenvalue weighted by Crippen LogP contribution is -2.35. The molecular weight excluding hydrogens is 174 g/mol. The van der Waals surface area contributed by atoms with Crippen LogP contribution in [-0.4, -0.2) is 18.8 Å². The second-order valence-corrected chi connectivity index (χ2v) is 4.43. The van der Waals surface area contributed by atoms with E-state index in [2.05, 4.69) is 13.8 Å². The smallest absolute Gasteiger partial charge is 0.0616 e. The summed E-state index contributed by atoms with van der Waals surface area (Å²) in [6.45, 7) is 5.35. The summed E-state index contributed by atoms with van der Waals surface area (Å²) in [6, 6.07) is 0.369. The maximum Gasteiger partial charge on any atom is 0.0616 e. The van der Waals surface area contributed by atoms with Gasteiger partial charge < -0.3 is 10.5 Å². The molecule has 0 amide bonds. The van der Waals surface area contributed by atoms with Crippen LogP contribution in [0.2, 0.25) is 0 Å². The fourth-order valence-electron chi connectivity index (χ4n) is 2.42. The molecular formula is C12H25NO. The molecule has 1 rings (SSSR count). The molecule has 14 heavy (non-hydrogen) atoms. The van der Waals surface area contributed by atoms with Gasteiger partial charge in [0.05, 0.1) is 6.10 Å². The van der Waals surface area contributed by atoms with Crippen molar-refractivity contribution in [1.82, 2.24) is 0 Å². The number of ether oxygens (including phenoxy) is 1. The first-order chi connectivity index (χ1) is 6.79. The third-order valence-electron chi connectivity index (χ3n) is 3.35. The molecule has 0 aromatic rings. The minimum Gasteiger partial charge on any atom is -0.378 e. The van der Waals surface area contributed by atoms with Gasteiger partial charge in [-0.2, -0.15) is 0 Å². The van der Waals surface area contributed by atoms with Crippen molar-refractivity contribution in [2.24, 2.45) is 11.7 Å². The summed E-state index contributed by atoms with van der Waals surface area (Å²) >= 11 is 0. The van der Waals surface area contributed by atoms with Crippen LogP contribution in [-0.2, 0) is 4.74 Å². The first-order valence-corrected chi connectivity index (χ1v) is 6.16. The van der Waals surface area contributed by atoms with Gasteiger partial charge in [-0.15, -0.1) is 0 Å². The molecule has 3 atom stereocenters. The highest BCUT2D eigenvalue weighted by Gasteiger charge is 2.30. The molecule has 2 heteroatoms. The van der Waals surface area contributed by atoms with E-state index >= 15 is 0 Å². The second-order valence-electron chi connectivity index (χ2n) is 4.43. The topological polar surface area (TPSA) is 35.2 Å². The average molecular weight is 199 g/mol. The van der Waals surface area contributed by atoms with Gasteiger partial charge >= 0.3 is 0 Å². The molecule has 1 aliphatic rings. The lowest BCUT2D eigenvalue weighted by molar-refractivity contribution is 0.0803. The van der Waals surface area contributed by atoms with Gasteiger partial charge in [-0.3, -0.25) is 0 Å². The fraction of sp³-hybridized carbons (Fsp3) is 1.00. The molecule has 1 saturated heterocycles. The highest BCUT2D eigenvalue weighted by molar-refractivity contribution is 4.83. The van der Waals surface area contributed by atoms with Gasteiger partial charge in [0.1, 0.15) is 0 Å². The monoisotopic (exact) mass is 199 g/mol. The Balaban J connectivity index is 2.24. The molecule has 0 bridgehead atoms. The summed E-state index contributed by atoms with van der Waals surface area (Å²) < 4.78 is 5.66. The number of rotatable bonds is 6. The highest BCUT2D eigenvalue weighted by atomic mass is 16.5. The SMILES string of the molecule is CCCCCC(N)C1CCOC1CC. The summed E-state index contributed by atoms with van der Waals surface area (Å²) in [5.41, 5.74) is 6.21. The zero-order valence-corrected chi connectivity index (χ0v) is 9.67. The minimum atomic E-state index is 0.369. The van der Waals surface area contributed by atoms with Crippen LogP contribution < -0.4 is 5.73 Å². The van der Waals surface area contributed by atoms with Crippen LogP contribution in [0.25, 0.3) is 0 Å². The van der Waals surface area contributed by atoms with Crippen molar-refractivity contribution in [3.05, 3.63) is 0 Å². The van der Waals surface area contributed by atoms with Crippen LogP contribution in [0.15, 0.2) is 0 Å². The van der Waals surface area contributed by atoms with Gasteiger partial charge in [0.2, 0.25) is 0 Å². The molecule has 84 valence electrons. The Hall–Kier alpha value is -0.0800. The van der Waals surface area contributed by atoms with E-state index in [1.54, 1.807) is 0 Å².